The molecule has 0 atom stereocenters. The molecule has 2 N–H and O–H groups in total. The van der Waals surface area contributed by atoms with E-state index in [1.54, 1.807) is 0 Å². The zero-order valence-electron chi connectivity index (χ0n) is 11.2. The van der Waals surface area contributed by atoms with Crippen LogP contribution in [0.1, 0.15) is 13.3 Å². The second-order valence-electron chi connectivity index (χ2n) is 4.39. The molecule has 0 unspecified atom stereocenters. The lowest BCUT2D eigenvalue weighted by Crippen LogP contribution is -2.36. The molecule has 1 fully saturated rings. The van der Waals surface area contributed by atoms with E-state index >= 15 is 0 Å². The van der Waals surface area contributed by atoms with Crippen LogP contribution in [0, 0.1) is 0 Å². The average Bonchev–Trinajstić information content (AvgIpc) is 2.47. The van der Waals surface area contributed by atoms with E-state index in [1.165, 1.54) is 0 Å². The maximum absolute atomic E-state index is 5.33. The molecular weight excluding hydrogens is 260 g/mol. The van der Waals surface area contributed by atoms with Crippen molar-refractivity contribution in [1.29, 1.82) is 0 Å². The highest BCUT2D eigenvalue weighted by atomic mass is 32.1. The van der Waals surface area contributed by atoms with Gasteiger partial charge >= 0.3 is 0 Å². The van der Waals surface area contributed by atoms with Gasteiger partial charge in [-0.2, -0.15) is 0 Å². The standard InChI is InChI=1S/C13H20N4OS/c1-2-5-14-13(19)16-11-3-4-12(15-10-11)17-6-8-18-9-7-17/h3-4,10H,2,5-9H2,1H3,(H2,14,16,19). The predicted molar refractivity (Wildman–Crippen MR) is 81.8 cm³/mol. The van der Waals surface area contributed by atoms with Gasteiger partial charge < -0.3 is 20.3 Å². The van der Waals surface area contributed by atoms with Gasteiger partial charge in [0, 0.05) is 19.6 Å². The van der Waals surface area contributed by atoms with Gasteiger partial charge in [0.15, 0.2) is 5.11 Å². The number of nitrogens with one attached hydrogen (secondary N) is 2. The van der Waals surface area contributed by atoms with Crippen LogP contribution in [0.4, 0.5) is 11.5 Å². The lowest BCUT2D eigenvalue weighted by molar-refractivity contribution is 0.122. The van der Waals surface area contributed by atoms with E-state index in [-0.39, 0.29) is 0 Å². The molecule has 0 spiro atoms. The van der Waals surface area contributed by atoms with Crippen molar-refractivity contribution in [2.75, 3.05) is 43.1 Å². The minimum Gasteiger partial charge on any atom is -0.378 e. The normalized spacial score (nSPS) is 15.1. The number of nitrogens with zero attached hydrogens (tertiary/aromatic N) is 2. The zero-order chi connectivity index (χ0) is 13.5. The second kappa shape index (κ2) is 7.25. The molecule has 19 heavy (non-hydrogen) atoms. The summed E-state index contributed by atoms with van der Waals surface area (Å²) in [7, 11) is 0. The number of ether oxygens (including phenoxy) is 1. The van der Waals surface area contributed by atoms with Crippen LogP contribution in [0.3, 0.4) is 0 Å². The van der Waals surface area contributed by atoms with E-state index in [0.717, 1.165) is 50.8 Å². The lowest BCUT2D eigenvalue weighted by atomic mass is 10.3. The minimum atomic E-state index is 0.641. The van der Waals surface area contributed by atoms with Gasteiger partial charge in [-0.1, -0.05) is 6.92 Å². The van der Waals surface area contributed by atoms with Crippen LogP contribution >= 0.6 is 12.2 Å². The monoisotopic (exact) mass is 280 g/mol. The molecule has 1 aromatic heterocycles. The number of hydrogen-bond acceptors (Lipinski definition) is 4. The smallest absolute Gasteiger partial charge is 0.170 e. The van der Waals surface area contributed by atoms with E-state index in [2.05, 4.69) is 27.4 Å². The molecule has 1 saturated heterocycles. The predicted octanol–water partition coefficient (Wildman–Crippen LogP) is 1.61. The second-order valence-corrected chi connectivity index (χ2v) is 4.79. The Morgan fingerprint density at radius 3 is 2.84 bits per heavy atom. The maximum Gasteiger partial charge on any atom is 0.170 e. The third-order valence-electron chi connectivity index (χ3n) is 2.88. The number of aromatic nitrogens is 1. The van der Waals surface area contributed by atoms with Crippen LogP contribution in [-0.2, 0) is 4.74 Å². The van der Waals surface area contributed by atoms with Gasteiger partial charge in [0.25, 0.3) is 0 Å². The van der Waals surface area contributed by atoms with E-state index < -0.39 is 0 Å². The number of pyridine rings is 1. The van der Waals surface area contributed by atoms with Gasteiger partial charge in [0.2, 0.25) is 0 Å². The number of morpholine rings is 1. The van der Waals surface area contributed by atoms with E-state index in [4.69, 9.17) is 17.0 Å². The summed E-state index contributed by atoms with van der Waals surface area (Å²) in [6, 6.07) is 4.01. The summed E-state index contributed by atoms with van der Waals surface area (Å²) in [6.45, 7) is 6.32. The Labute approximate surface area is 119 Å². The van der Waals surface area contributed by atoms with Crippen molar-refractivity contribution < 1.29 is 4.74 Å². The van der Waals surface area contributed by atoms with Crippen LogP contribution in [0.5, 0.6) is 0 Å². The van der Waals surface area contributed by atoms with Crippen molar-refractivity contribution in [2.45, 2.75) is 13.3 Å². The highest BCUT2D eigenvalue weighted by molar-refractivity contribution is 7.80. The number of rotatable bonds is 4. The van der Waals surface area contributed by atoms with Crippen LogP contribution in [0.15, 0.2) is 18.3 Å². The van der Waals surface area contributed by atoms with Crippen molar-refractivity contribution >= 4 is 28.8 Å². The first-order valence-corrected chi connectivity index (χ1v) is 7.04. The summed E-state index contributed by atoms with van der Waals surface area (Å²) in [6.07, 6.45) is 2.86. The SMILES string of the molecule is CCCNC(=S)Nc1ccc(N2CCOCC2)nc1. The van der Waals surface area contributed by atoms with E-state index in [1.807, 2.05) is 18.3 Å². The molecule has 0 bridgehead atoms. The van der Waals surface area contributed by atoms with Crippen molar-refractivity contribution in [3.63, 3.8) is 0 Å². The Bertz CT molecular complexity index is 404. The fourth-order valence-corrected chi connectivity index (χ4v) is 2.07. The molecule has 1 aromatic rings. The van der Waals surface area contributed by atoms with Gasteiger partial charge in [-0.05, 0) is 30.8 Å². The van der Waals surface area contributed by atoms with Crippen molar-refractivity contribution in [1.82, 2.24) is 10.3 Å². The highest BCUT2D eigenvalue weighted by Crippen LogP contribution is 2.15. The van der Waals surface area contributed by atoms with Gasteiger partial charge in [-0.3, -0.25) is 0 Å². The Morgan fingerprint density at radius 2 is 2.21 bits per heavy atom. The van der Waals surface area contributed by atoms with Crippen molar-refractivity contribution in [2.24, 2.45) is 0 Å². The molecule has 0 amide bonds. The molecule has 0 saturated carbocycles. The molecule has 6 heteroatoms. The summed E-state index contributed by atoms with van der Waals surface area (Å²) < 4.78 is 5.33. The largest absolute Gasteiger partial charge is 0.378 e. The van der Waals surface area contributed by atoms with E-state index in [9.17, 15) is 0 Å². The first-order valence-electron chi connectivity index (χ1n) is 6.63. The Hall–Kier alpha value is -1.40. The van der Waals surface area contributed by atoms with Crippen LogP contribution in [0.2, 0.25) is 0 Å². The molecular formula is C13H20N4OS. The number of anilines is 2. The van der Waals surface area contributed by atoms with Gasteiger partial charge in [-0.25, -0.2) is 4.98 Å². The summed E-state index contributed by atoms with van der Waals surface area (Å²) >= 11 is 5.18. The van der Waals surface area contributed by atoms with Crippen LogP contribution in [-0.4, -0.2) is 42.9 Å². The van der Waals surface area contributed by atoms with Crippen molar-refractivity contribution in [3.8, 4) is 0 Å². The van der Waals surface area contributed by atoms with Crippen LogP contribution in [0.25, 0.3) is 0 Å². The fourth-order valence-electron chi connectivity index (χ4n) is 1.85. The topological polar surface area (TPSA) is 49.4 Å². The first kappa shape index (κ1) is 14.0. The van der Waals surface area contributed by atoms with Gasteiger partial charge in [0.05, 0.1) is 25.1 Å². The molecule has 2 rings (SSSR count). The number of hydrogen-bond donors (Lipinski definition) is 2. The Kier molecular flexibility index (Phi) is 5.35. The van der Waals surface area contributed by atoms with Crippen LogP contribution < -0.4 is 15.5 Å². The van der Waals surface area contributed by atoms with Crippen molar-refractivity contribution in [3.05, 3.63) is 18.3 Å². The Balaban J connectivity index is 1.88. The maximum atomic E-state index is 5.33. The van der Waals surface area contributed by atoms with E-state index in [0.29, 0.717) is 5.11 Å². The summed E-state index contributed by atoms with van der Waals surface area (Å²) in [5.41, 5.74) is 0.908. The minimum absolute atomic E-state index is 0.641. The molecule has 0 aromatic carbocycles. The molecule has 5 nitrogen and oxygen atoms in total. The molecule has 2 heterocycles. The summed E-state index contributed by atoms with van der Waals surface area (Å²) in [5, 5.41) is 6.89. The Morgan fingerprint density at radius 1 is 1.42 bits per heavy atom. The van der Waals surface area contributed by atoms with Gasteiger partial charge in [-0.15, -0.1) is 0 Å². The third-order valence-corrected chi connectivity index (χ3v) is 3.12. The first-order chi connectivity index (χ1) is 9.29. The third kappa shape index (κ3) is 4.33. The quantitative estimate of drug-likeness (QED) is 0.817. The fraction of sp³-hybridized carbons (Fsp3) is 0.538. The molecule has 104 valence electrons. The highest BCUT2D eigenvalue weighted by Gasteiger charge is 2.11. The summed E-state index contributed by atoms with van der Waals surface area (Å²) in [4.78, 5) is 6.68. The van der Waals surface area contributed by atoms with Gasteiger partial charge in [0.1, 0.15) is 5.82 Å². The zero-order valence-corrected chi connectivity index (χ0v) is 12.0. The average molecular weight is 280 g/mol. The molecule has 1 aliphatic heterocycles. The lowest BCUT2D eigenvalue weighted by Gasteiger charge is -2.27. The molecule has 1 aliphatic rings. The molecule has 0 aliphatic carbocycles. The molecule has 0 radical (unpaired) electrons. The summed E-state index contributed by atoms with van der Waals surface area (Å²) in [5.74, 6) is 0.987. The number of thiocarbonyl (C=S) groups is 1.